The van der Waals surface area contributed by atoms with E-state index >= 15 is 0 Å². The van der Waals surface area contributed by atoms with Gasteiger partial charge in [-0.15, -0.1) is 0 Å². The molecule has 2 amide bonds. The molecule has 4 aliphatic carbocycles. The third-order valence-corrected chi connectivity index (χ3v) is 8.36. The van der Waals surface area contributed by atoms with Crippen molar-refractivity contribution in [2.75, 3.05) is 6.61 Å². The molecular formula is C30H31NO5. The summed E-state index contributed by atoms with van der Waals surface area (Å²) >= 11 is 0. The topological polar surface area (TPSA) is 72.9 Å². The van der Waals surface area contributed by atoms with E-state index in [0.717, 1.165) is 24.8 Å². The molecule has 0 radical (unpaired) electrons. The number of amides is 2. The van der Waals surface area contributed by atoms with Crippen molar-refractivity contribution < 1.29 is 23.9 Å². The predicted molar refractivity (Wildman–Crippen MR) is 133 cm³/mol. The van der Waals surface area contributed by atoms with Gasteiger partial charge in [-0.3, -0.25) is 14.5 Å². The Morgan fingerprint density at radius 3 is 2.14 bits per heavy atom. The zero-order chi connectivity index (χ0) is 24.8. The van der Waals surface area contributed by atoms with Crippen LogP contribution in [0.2, 0.25) is 0 Å². The van der Waals surface area contributed by atoms with Gasteiger partial charge in [0.2, 0.25) is 11.8 Å². The highest BCUT2D eigenvalue weighted by atomic mass is 16.5. The summed E-state index contributed by atoms with van der Waals surface area (Å²) in [4.78, 5) is 42.2. The average Bonchev–Trinajstić information content (AvgIpc) is 3.68. The minimum atomic E-state index is -1.01. The van der Waals surface area contributed by atoms with Gasteiger partial charge in [-0.1, -0.05) is 55.8 Å². The summed E-state index contributed by atoms with van der Waals surface area (Å²) in [6.07, 6.45) is 7.63. The van der Waals surface area contributed by atoms with Crippen molar-refractivity contribution in [2.45, 2.75) is 38.6 Å². The highest BCUT2D eigenvalue weighted by Crippen LogP contribution is 2.65. The lowest BCUT2D eigenvalue weighted by Gasteiger charge is -2.37. The van der Waals surface area contributed by atoms with Crippen LogP contribution in [0.1, 0.15) is 31.7 Å². The molecule has 6 heteroatoms. The van der Waals surface area contributed by atoms with Crippen LogP contribution >= 0.6 is 0 Å². The second kappa shape index (κ2) is 9.23. The molecule has 186 valence electrons. The van der Waals surface area contributed by atoms with Crippen LogP contribution in [0.3, 0.4) is 0 Å². The number of benzene rings is 2. The Morgan fingerprint density at radius 1 is 0.917 bits per heavy atom. The molecule has 1 heterocycles. The van der Waals surface area contributed by atoms with Crippen LogP contribution in [-0.2, 0) is 20.8 Å². The number of nitrogens with zero attached hydrogens (tertiary/aromatic N) is 1. The van der Waals surface area contributed by atoms with Crippen molar-refractivity contribution in [3.8, 4) is 11.5 Å². The molecule has 7 atom stereocenters. The van der Waals surface area contributed by atoms with Gasteiger partial charge >= 0.3 is 5.97 Å². The number of esters is 1. The second-order valence-corrected chi connectivity index (χ2v) is 10.5. The summed E-state index contributed by atoms with van der Waals surface area (Å²) in [5, 5.41) is 0. The van der Waals surface area contributed by atoms with Crippen LogP contribution in [0.5, 0.6) is 11.5 Å². The van der Waals surface area contributed by atoms with Crippen LogP contribution in [0.15, 0.2) is 66.7 Å². The quantitative estimate of drug-likeness (QED) is 0.173. The third kappa shape index (κ3) is 3.93. The zero-order valence-electron chi connectivity index (χ0n) is 20.4. The molecule has 1 saturated heterocycles. The summed E-state index contributed by atoms with van der Waals surface area (Å²) in [5.74, 6) is 0.596. The fourth-order valence-corrected chi connectivity index (χ4v) is 6.53. The predicted octanol–water partition coefficient (Wildman–Crippen LogP) is 4.44. The highest BCUT2D eigenvalue weighted by molar-refractivity contribution is 6.09. The molecule has 36 heavy (non-hydrogen) atoms. The number of likely N-dealkylation sites (tertiary alicyclic amines) is 1. The summed E-state index contributed by atoms with van der Waals surface area (Å²) in [6, 6.07) is 15.4. The van der Waals surface area contributed by atoms with E-state index in [9.17, 15) is 14.4 Å². The minimum absolute atomic E-state index is 0.111. The standard InChI is InChI=1S/C30H31NO5/c1-2-3-15-35-19-9-11-20(12-10-19)36-30(34)25(16-18-7-5-4-6-8-18)31-28(32)26-21-13-14-22(24-17-23(21)24)27(26)29(31)33/h4-14,21-27H,2-3,15-17H2,1H3/t21-,22-,23-,24+,25-,26-,27+/m0/s1. The molecule has 2 aromatic rings. The van der Waals surface area contributed by atoms with Gasteiger partial charge in [0, 0.05) is 6.42 Å². The van der Waals surface area contributed by atoms with Crippen LogP contribution in [0.4, 0.5) is 0 Å². The molecule has 1 aliphatic heterocycles. The Labute approximate surface area is 211 Å². The molecule has 5 aliphatic rings. The number of carbonyl (C=O) groups is 3. The van der Waals surface area contributed by atoms with E-state index in [4.69, 9.17) is 9.47 Å². The molecular weight excluding hydrogens is 454 g/mol. The van der Waals surface area contributed by atoms with E-state index in [1.807, 2.05) is 30.3 Å². The van der Waals surface area contributed by atoms with Gasteiger partial charge in [-0.25, -0.2) is 4.79 Å². The van der Waals surface area contributed by atoms with E-state index in [1.165, 1.54) is 4.90 Å². The van der Waals surface area contributed by atoms with Gasteiger partial charge in [0.1, 0.15) is 17.5 Å². The Bertz CT molecular complexity index is 1150. The fourth-order valence-electron chi connectivity index (χ4n) is 6.53. The molecule has 7 rings (SSSR count). The SMILES string of the molecule is CCCCOc1ccc(OC(=O)[C@H](Cc2ccccc2)N2C(=O)[C@@H]3[C@H]4C=C[C@@H]([C@@H]5C[C@H]45)[C@@H]3C2=O)cc1. The molecule has 0 spiro atoms. The maximum atomic E-state index is 13.7. The number of rotatable bonds is 9. The van der Waals surface area contributed by atoms with Crippen molar-refractivity contribution in [1.82, 2.24) is 4.90 Å². The molecule has 3 fully saturated rings. The van der Waals surface area contributed by atoms with Crippen molar-refractivity contribution in [1.29, 1.82) is 0 Å². The lowest BCUT2D eigenvalue weighted by molar-refractivity contribution is -0.153. The lowest BCUT2D eigenvalue weighted by Crippen LogP contribution is -2.48. The van der Waals surface area contributed by atoms with Gasteiger partial charge in [0.05, 0.1) is 18.4 Å². The maximum Gasteiger partial charge on any atom is 0.335 e. The molecule has 6 nitrogen and oxygen atoms in total. The number of carbonyl (C=O) groups excluding carboxylic acids is 3. The summed E-state index contributed by atoms with van der Waals surface area (Å²) in [6.45, 7) is 2.74. The number of hydrogen-bond acceptors (Lipinski definition) is 5. The third-order valence-electron chi connectivity index (χ3n) is 8.36. The van der Waals surface area contributed by atoms with Crippen molar-refractivity contribution >= 4 is 17.8 Å². The molecule has 2 bridgehead atoms. The van der Waals surface area contributed by atoms with E-state index < -0.39 is 12.0 Å². The summed E-state index contributed by atoms with van der Waals surface area (Å²) < 4.78 is 11.4. The van der Waals surface area contributed by atoms with Crippen LogP contribution in [-0.4, -0.2) is 35.3 Å². The van der Waals surface area contributed by atoms with Gasteiger partial charge < -0.3 is 9.47 Å². The van der Waals surface area contributed by atoms with Crippen LogP contribution in [0, 0.1) is 35.5 Å². The molecule has 2 aromatic carbocycles. The summed E-state index contributed by atoms with van der Waals surface area (Å²) in [5.41, 5.74) is 0.874. The first-order valence-corrected chi connectivity index (χ1v) is 13.1. The van der Waals surface area contributed by atoms with E-state index in [2.05, 4.69) is 19.1 Å². The zero-order valence-corrected chi connectivity index (χ0v) is 20.4. The van der Waals surface area contributed by atoms with E-state index in [0.29, 0.717) is 29.9 Å². The smallest absolute Gasteiger partial charge is 0.335 e. The maximum absolute atomic E-state index is 13.7. The normalized spacial score (nSPS) is 30.1. The van der Waals surface area contributed by atoms with Gasteiger partial charge in [-0.05, 0) is 66.3 Å². The van der Waals surface area contributed by atoms with Crippen LogP contribution in [0.25, 0.3) is 0 Å². The Hall–Kier alpha value is -3.41. The Morgan fingerprint density at radius 2 is 1.53 bits per heavy atom. The first-order chi connectivity index (χ1) is 17.6. The number of imide groups is 1. The lowest BCUT2D eigenvalue weighted by atomic mass is 9.63. The Balaban J connectivity index is 1.24. The molecule has 0 unspecified atom stereocenters. The van der Waals surface area contributed by atoms with Gasteiger partial charge in [0.25, 0.3) is 0 Å². The van der Waals surface area contributed by atoms with Crippen LogP contribution < -0.4 is 9.47 Å². The number of ether oxygens (including phenoxy) is 2. The van der Waals surface area contributed by atoms with E-state index in [1.54, 1.807) is 24.3 Å². The van der Waals surface area contributed by atoms with Gasteiger partial charge in [-0.2, -0.15) is 0 Å². The molecule has 0 N–H and O–H groups in total. The minimum Gasteiger partial charge on any atom is -0.494 e. The molecule has 2 saturated carbocycles. The van der Waals surface area contributed by atoms with E-state index in [-0.39, 0.29) is 41.9 Å². The molecule has 0 aromatic heterocycles. The fraction of sp³-hybridized carbons (Fsp3) is 0.433. The first kappa shape index (κ1) is 23.0. The largest absolute Gasteiger partial charge is 0.494 e. The van der Waals surface area contributed by atoms with Gasteiger partial charge in [0.15, 0.2) is 0 Å². The van der Waals surface area contributed by atoms with Crippen molar-refractivity contribution in [3.63, 3.8) is 0 Å². The first-order valence-electron chi connectivity index (χ1n) is 13.1. The monoisotopic (exact) mass is 485 g/mol. The van der Waals surface area contributed by atoms with Crippen molar-refractivity contribution in [3.05, 3.63) is 72.3 Å². The van der Waals surface area contributed by atoms with Crippen molar-refractivity contribution in [2.24, 2.45) is 35.5 Å². The number of hydrogen-bond donors (Lipinski definition) is 0. The average molecular weight is 486 g/mol. The Kier molecular flexibility index (Phi) is 5.90. The highest BCUT2D eigenvalue weighted by Gasteiger charge is 2.68. The summed E-state index contributed by atoms with van der Waals surface area (Å²) in [7, 11) is 0. The second-order valence-electron chi connectivity index (χ2n) is 10.5. The number of unbranched alkanes of at least 4 members (excludes halogenated alkanes) is 1. The number of allylic oxidation sites excluding steroid dienone is 2.